The summed E-state index contributed by atoms with van der Waals surface area (Å²) in [5.74, 6) is 0.444. The van der Waals surface area contributed by atoms with Gasteiger partial charge in [0.05, 0.1) is 29.2 Å². The van der Waals surface area contributed by atoms with Crippen LogP contribution in [0.15, 0.2) is 41.5 Å². The molecule has 2 saturated carbocycles. The molecular weight excluding hydrogens is 390 g/mol. The van der Waals surface area contributed by atoms with E-state index >= 15 is 0 Å². The number of fused-ring (bicyclic) bond motifs is 1. The second kappa shape index (κ2) is 7.04. The Kier molecular flexibility index (Phi) is 4.53. The first-order chi connectivity index (χ1) is 14.7. The highest BCUT2D eigenvalue weighted by molar-refractivity contribution is 5.84. The molecule has 7 nitrogen and oxygen atoms in total. The molecule has 0 unspecified atom stereocenters. The van der Waals surface area contributed by atoms with Crippen LogP contribution in [0, 0.1) is 5.41 Å². The third-order valence-electron chi connectivity index (χ3n) is 6.88. The fraction of sp³-hybridized carbons (Fsp3) is 0.500. The summed E-state index contributed by atoms with van der Waals surface area (Å²) in [6.07, 6.45) is 8.30. The Labute approximate surface area is 181 Å². The van der Waals surface area contributed by atoms with Crippen LogP contribution in [-0.2, 0) is 16.8 Å². The van der Waals surface area contributed by atoms with Crippen LogP contribution in [0.1, 0.15) is 63.6 Å². The zero-order chi connectivity index (χ0) is 21.8. The van der Waals surface area contributed by atoms with Gasteiger partial charge in [-0.3, -0.25) is 14.3 Å². The van der Waals surface area contributed by atoms with E-state index in [9.17, 15) is 9.59 Å². The fourth-order valence-corrected chi connectivity index (χ4v) is 5.33. The molecule has 5 rings (SSSR count). The van der Waals surface area contributed by atoms with Crippen molar-refractivity contribution in [2.75, 3.05) is 0 Å². The molecule has 1 spiro atoms. The lowest BCUT2D eigenvalue weighted by molar-refractivity contribution is -0.124. The molecule has 0 atom stereocenters. The molecule has 2 fully saturated rings. The van der Waals surface area contributed by atoms with E-state index in [1.807, 2.05) is 35.1 Å². The molecule has 3 aromatic rings. The van der Waals surface area contributed by atoms with Crippen molar-refractivity contribution in [3.63, 3.8) is 0 Å². The van der Waals surface area contributed by atoms with Gasteiger partial charge in [-0.1, -0.05) is 18.2 Å². The smallest absolute Gasteiger partial charge is 0.272 e. The van der Waals surface area contributed by atoms with Crippen molar-refractivity contribution in [1.82, 2.24) is 25.3 Å². The summed E-state index contributed by atoms with van der Waals surface area (Å²) in [5.41, 5.74) is 2.05. The molecule has 2 N–H and O–H groups in total. The Morgan fingerprint density at radius 3 is 2.58 bits per heavy atom. The number of hydrogen-bond donors (Lipinski definition) is 2. The number of benzene rings is 1. The summed E-state index contributed by atoms with van der Waals surface area (Å²) in [5, 5.41) is 16.3. The van der Waals surface area contributed by atoms with Crippen LogP contribution in [0.5, 0.6) is 0 Å². The average Bonchev–Trinajstić information content (AvgIpc) is 3.13. The molecule has 31 heavy (non-hydrogen) atoms. The number of hydrogen-bond acceptors (Lipinski definition) is 4. The van der Waals surface area contributed by atoms with Gasteiger partial charge in [-0.05, 0) is 63.5 Å². The van der Waals surface area contributed by atoms with E-state index in [-0.39, 0.29) is 23.0 Å². The number of nitrogens with one attached hydrogen (secondary N) is 2. The van der Waals surface area contributed by atoms with E-state index in [4.69, 9.17) is 0 Å². The minimum Gasteiger partial charge on any atom is -0.353 e. The number of amides is 1. The number of nitrogens with zero attached hydrogens (tertiary/aromatic N) is 3. The maximum atomic E-state index is 12.5. The Morgan fingerprint density at radius 2 is 1.90 bits per heavy atom. The molecule has 2 aliphatic carbocycles. The fourth-order valence-electron chi connectivity index (χ4n) is 5.33. The summed E-state index contributed by atoms with van der Waals surface area (Å²) >= 11 is 0. The van der Waals surface area contributed by atoms with Crippen LogP contribution >= 0.6 is 0 Å². The normalized spacial score (nSPS) is 25.3. The van der Waals surface area contributed by atoms with Gasteiger partial charge in [0.15, 0.2) is 0 Å². The topological polar surface area (TPSA) is 92.7 Å². The minimum absolute atomic E-state index is 0.0671. The highest BCUT2D eigenvalue weighted by Crippen LogP contribution is 2.62. The third kappa shape index (κ3) is 3.66. The van der Waals surface area contributed by atoms with E-state index < -0.39 is 0 Å². The molecule has 1 amide bonds. The summed E-state index contributed by atoms with van der Waals surface area (Å²) < 4.78 is 1.90. The number of aromatic nitrogens is 4. The second-order valence-corrected chi connectivity index (χ2v) is 10.4. The van der Waals surface area contributed by atoms with Crippen molar-refractivity contribution in [2.24, 2.45) is 5.41 Å². The summed E-state index contributed by atoms with van der Waals surface area (Å²) in [6.45, 7) is 6.28. The van der Waals surface area contributed by atoms with Crippen LogP contribution in [0.3, 0.4) is 0 Å². The lowest BCUT2D eigenvalue weighted by atomic mass is 9.49. The maximum Gasteiger partial charge on any atom is 0.272 e. The number of carbonyl (C=O) groups excluding carboxylic acids is 1. The number of rotatable bonds is 4. The molecular formula is C24H29N5O2. The maximum absolute atomic E-state index is 12.5. The first kappa shape index (κ1) is 20.0. The van der Waals surface area contributed by atoms with Crippen molar-refractivity contribution in [3.05, 3.63) is 58.3 Å². The molecule has 2 aromatic heterocycles. The van der Waals surface area contributed by atoms with Crippen molar-refractivity contribution in [3.8, 4) is 0 Å². The van der Waals surface area contributed by atoms with Gasteiger partial charge in [-0.25, -0.2) is 5.10 Å². The zero-order valence-corrected chi connectivity index (χ0v) is 18.3. The lowest BCUT2D eigenvalue weighted by Crippen LogP contribution is -2.56. The monoisotopic (exact) mass is 419 g/mol. The average molecular weight is 420 g/mol. The predicted molar refractivity (Wildman–Crippen MR) is 119 cm³/mol. The van der Waals surface area contributed by atoms with Gasteiger partial charge in [0, 0.05) is 23.5 Å². The van der Waals surface area contributed by atoms with E-state index in [0.717, 1.165) is 42.3 Å². The van der Waals surface area contributed by atoms with Gasteiger partial charge in [-0.15, -0.1) is 0 Å². The molecule has 7 heteroatoms. The lowest BCUT2D eigenvalue weighted by Gasteiger charge is -2.57. The Bertz CT molecular complexity index is 1190. The third-order valence-corrected chi connectivity index (χ3v) is 6.88. The van der Waals surface area contributed by atoms with Crippen molar-refractivity contribution in [1.29, 1.82) is 0 Å². The molecule has 2 aliphatic rings. The van der Waals surface area contributed by atoms with E-state index in [2.05, 4.69) is 41.4 Å². The van der Waals surface area contributed by atoms with E-state index in [1.54, 1.807) is 6.20 Å². The van der Waals surface area contributed by atoms with Crippen molar-refractivity contribution in [2.45, 2.75) is 70.4 Å². The van der Waals surface area contributed by atoms with Crippen molar-refractivity contribution < 1.29 is 4.79 Å². The quantitative estimate of drug-likeness (QED) is 0.679. The van der Waals surface area contributed by atoms with E-state index in [0.29, 0.717) is 23.1 Å². The number of H-pyrrole nitrogens is 1. The Morgan fingerprint density at radius 1 is 1.19 bits per heavy atom. The molecule has 1 aromatic carbocycles. The minimum atomic E-state index is -0.132. The van der Waals surface area contributed by atoms with Crippen LogP contribution in [-0.4, -0.2) is 31.9 Å². The van der Waals surface area contributed by atoms with Gasteiger partial charge < -0.3 is 5.32 Å². The zero-order valence-electron chi connectivity index (χ0n) is 18.3. The summed E-state index contributed by atoms with van der Waals surface area (Å²) in [6, 6.07) is 7.95. The largest absolute Gasteiger partial charge is 0.353 e. The molecule has 0 aliphatic heterocycles. The predicted octanol–water partition coefficient (Wildman–Crippen LogP) is 3.26. The van der Waals surface area contributed by atoms with Crippen LogP contribution in [0.25, 0.3) is 10.8 Å². The van der Waals surface area contributed by atoms with Crippen molar-refractivity contribution >= 4 is 16.7 Å². The second-order valence-electron chi connectivity index (χ2n) is 10.4. The van der Waals surface area contributed by atoms with Gasteiger partial charge >= 0.3 is 0 Å². The summed E-state index contributed by atoms with van der Waals surface area (Å²) in [4.78, 5) is 24.5. The van der Waals surface area contributed by atoms with Gasteiger partial charge in [-0.2, -0.15) is 10.2 Å². The van der Waals surface area contributed by atoms with E-state index in [1.165, 1.54) is 0 Å². The molecule has 162 valence electrons. The highest BCUT2D eigenvalue weighted by Gasteiger charge is 2.54. The van der Waals surface area contributed by atoms with Gasteiger partial charge in [0.2, 0.25) is 5.91 Å². The first-order valence-corrected chi connectivity index (χ1v) is 11.0. The number of carbonyl (C=O) groups is 1. The molecule has 0 radical (unpaired) electrons. The van der Waals surface area contributed by atoms with Crippen LogP contribution < -0.4 is 10.9 Å². The highest BCUT2D eigenvalue weighted by atomic mass is 16.1. The van der Waals surface area contributed by atoms with Crippen LogP contribution in [0.2, 0.25) is 0 Å². The van der Waals surface area contributed by atoms with Gasteiger partial charge in [0.25, 0.3) is 5.56 Å². The van der Waals surface area contributed by atoms with Crippen LogP contribution in [0.4, 0.5) is 0 Å². The molecule has 0 saturated heterocycles. The Balaban J connectivity index is 1.15. The summed E-state index contributed by atoms with van der Waals surface area (Å²) in [7, 11) is 0. The SMILES string of the molecule is CC(C)(C)n1cc(CC(=O)NC2CC3(C2)CC(c2n[nH]c(=O)c4ccccc24)C3)cn1. The number of aromatic amines is 1. The first-order valence-electron chi connectivity index (χ1n) is 11.0. The molecule has 2 heterocycles. The standard InChI is InChI=1S/C24H29N5O2/c1-23(2,3)29-14-15(13-25-29)8-20(30)26-17-11-24(12-17)9-16(10-24)21-18-6-4-5-7-19(18)22(31)28-27-21/h4-7,13-14,16-17H,8-12H2,1-3H3,(H,26,30)(H,28,31). The van der Waals surface area contributed by atoms with Gasteiger partial charge in [0.1, 0.15) is 0 Å². The Hall–Kier alpha value is -2.96. The molecule has 0 bridgehead atoms.